The highest BCUT2D eigenvalue weighted by Crippen LogP contribution is 2.48. The molecule has 2 unspecified atom stereocenters. The van der Waals surface area contributed by atoms with E-state index < -0.39 is 8.07 Å². The quantitative estimate of drug-likeness (QED) is 0.652. The molecule has 2 atom stereocenters. The average molecular weight is 274 g/mol. The van der Waals surface area contributed by atoms with Crippen LogP contribution in [-0.2, 0) is 16.8 Å². The van der Waals surface area contributed by atoms with Gasteiger partial charge in [0.2, 0.25) is 0 Å². The molecular formula is C17H26OSi. The van der Waals surface area contributed by atoms with Gasteiger partial charge in [0.05, 0.1) is 21.3 Å². The molecule has 2 heterocycles. The summed E-state index contributed by atoms with van der Waals surface area (Å²) in [6, 6.07) is 5.02. The Bertz CT molecular complexity index is 530. The van der Waals surface area contributed by atoms with Crippen molar-refractivity contribution in [3.63, 3.8) is 0 Å². The van der Waals surface area contributed by atoms with Crippen LogP contribution < -0.4 is 5.19 Å². The third-order valence-electron chi connectivity index (χ3n) is 5.99. The van der Waals surface area contributed by atoms with E-state index in [1.54, 1.807) is 16.3 Å². The monoisotopic (exact) mass is 274 g/mol. The van der Waals surface area contributed by atoms with Crippen LogP contribution in [0.1, 0.15) is 50.3 Å². The molecular weight excluding hydrogens is 248 g/mol. The van der Waals surface area contributed by atoms with Gasteiger partial charge in [-0.3, -0.25) is 0 Å². The van der Waals surface area contributed by atoms with E-state index in [0.717, 1.165) is 18.8 Å². The van der Waals surface area contributed by atoms with Gasteiger partial charge in [0.1, 0.15) is 0 Å². The van der Waals surface area contributed by atoms with Gasteiger partial charge in [0.15, 0.2) is 0 Å². The highest BCUT2D eigenvalue weighted by atomic mass is 28.3. The van der Waals surface area contributed by atoms with Crippen molar-refractivity contribution in [3.05, 3.63) is 28.8 Å². The van der Waals surface area contributed by atoms with Crippen LogP contribution in [-0.4, -0.2) is 14.7 Å². The van der Waals surface area contributed by atoms with Crippen LogP contribution in [0.3, 0.4) is 0 Å². The number of ether oxygens (including phenoxy) is 1. The summed E-state index contributed by atoms with van der Waals surface area (Å²) in [5, 5.41) is 1.71. The van der Waals surface area contributed by atoms with Crippen LogP contribution >= 0.6 is 0 Å². The second kappa shape index (κ2) is 3.95. The molecule has 2 aliphatic rings. The van der Waals surface area contributed by atoms with E-state index in [4.69, 9.17) is 4.74 Å². The second-order valence-corrected chi connectivity index (χ2v) is 12.5. The minimum absolute atomic E-state index is 0.320. The fourth-order valence-electron chi connectivity index (χ4n) is 4.12. The van der Waals surface area contributed by atoms with E-state index >= 15 is 0 Å². The Morgan fingerprint density at radius 3 is 2.58 bits per heavy atom. The average Bonchev–Trinajstić information content (AvgIpc) is 2.48. The minimum Gasteiger partial charge on any atom is -0.376 e. The highest BCUT2D eigenvalue weighted by molar-refractivity contribution is 6.92. The molecule has 2 heteroatoms. The molecule has 0 aromatic heterocycles. The van der Waals surface area contributed by atoms with Crippen molar-refractivity contribution in [2.75, 3.05) is 6.61 Å². The van der Waals surface area contributed by atoms with E-state index in [-0.39, 0.29) is 0 Å². The van der Waals surface area contributed by atoms with Crippen molar-refractivity contribution in [2.45, 2.75) is 64.3 Å². The molecule has 0 bridgehead atoms. The van der Waals surface area contributed by atoms with Gasteiger partial charge in [-0.2, -0.15) is 0 Å². The van der Waals surface area contributed by atoms with Gasteiger partial charge in [-0.25, -0.2) is 0 Å². The predicted octanol–water partition coefficient (Wildman–Crippen LogP) is 3.92. The molecule has 1 nitrogen and oxygen atoms in total. The zero-order valence-electron chi connectivity index (χ0n) is 13.1. The van der Waals surface area contributed by atoms with Gasteiger partial charge in [-0.1, -0.05) is 58.1 Å². The molecule has 0 aliphatic carbocycles. The van der Waals surface area contributed by atoms with Crippen molar-refractivity contribution in [1.29, 1.82) is 0 Å². The van der Waals surface area contributed by atoms with Crippen LogP contribution in [0.25, 0.3) is 0 Å². The normalized spacial score (nSPS) is 30.8. The van der Waals surface area contributed by atoms with Crippen molar-refractivity contribution in [3.8, 4) is 0 Å². The lowest BCUT2D eigenvalue weighted by atomic mass is 9.80. The van der Waals surface area contributed by atoms with Gasteiger partial charge >= 0.3 is 0 Å². The topological polar surface area (TPSA) is 9.23 Å². The summed E-state index contributed by atoms with van der Waals surface area (Å²) in [4.78, 5) is 0. The highest BCUT2D eigenvalue weighted by Gasteiger charge is 2.50. The standard InChI is InChI=1S/C17H26OSi/c1-11-9-18-10-13-7-15-16(8-14(11)13)19(5,6)12(2)17(15,3)4/h7-8,11-12H,9-10H2,1-6H3. The lowest BCUT2D eigenvalue weighted by Gasteiger charge is -2.31. The van der Waals surface area contributed by atoms with E-state index in [1.807, 2.05) is 0 Å². The van der Waals surface area contributed by atoms with Crippen LogP contribution in [0.5, 0.6) is 0 Å². The third-order valence-corrected chi connectivity index (χ3v) is 10.7. The number of hydrogen-bond donors (Lipinski definition) is 0. The molecule has 0 saturated carbocycles. The fourth-order valence-corrected chi connectivity index (χ4v) is 8.16. The number of fused-ring (bicyclic) bond motifs is 2. The van der Waals surface area contributed by atoms with Crippen molar-refractivity contribution in [2.24, 2.45) is 0 Å². The lowest BCUT2D eigenvalue weighted by Crippen LogP contribution is -2.42. The number of benzene rings is 1. The molecule has 19 heavy (non-hydrogen) atoms. The zero-order chi connectivity index (χ0) is 14.0. The van der Waals surface area contributed by atoms with Crippen LogP contribution in [0.4, 0.5) is 0 Å². The first kappa shape index (κ1) is 13.4. The van der Waals surface area contributed by atoms with Gasteiger partial charge < -0.3 is 4.74 Å². The molecule has 0 fully saturated rings. The van der Waals surface area contributed by atoms with Crippen molar-refractivity contribution in [1.82, 2.24) is 0 Å². The van der Waals surface area contributed by atoms with E-state index in [1.165, 1.54) is 5.56 Å². The predicted molar refractivity (Wildman–Crippen MR) is 84.1 cm³/mol. The Kier molecular flexibility index (Phi) is 2.78. The molecule has 1 aromatic rings. The Balaban J connectivity index is 2.25. The van der Waals surface area contributed by atoms with Crippen molar-refractivity contribution >= 4 is 13.3 Å². The van der Waals surface area contributed by atoms with Gasteiger partial charge in [0.25, 0.3) is 0 Å². The molecule has 3 rings (SSSR count). The van der Waals surface area contributed by atoms with Crippen LogP contribution in [0, 0.1) is 0 Å². The lowest BCUT2D eigenvalue weighted by molar-refractivity contribution is 0.0950. The molecule has 0 saturated heterocycles. The molecule has 0 spiro atoms. The summed E-state index contributed by atoms with van der Waals surface area (Å²) in [5.74, 6) is 0.554. The van der Waals surface area contributed by atoms with Gasteiger partial charge in [-0.15, -0.1) is 0 Å². The first-order valence-electron chi connectivity index (χ1n) is 7.51. The second-order valence-electron chi connectivity index (χ2n) is 7.68. The van der Waals surface area contributed by atoms with Crippen molar-refractivity contribution < 1.29 is 4.74 Å². The van der Waals surface area contributed by atoms with E-state index in [2.05, 4.69) is 52.9 Å². The molecule has 104 valence electrons. The summed E-state index contributed by atoms with van der Waals surface area (Å²) in [6.07, 6.45) is 0. The summed E-state index contributed by atoms with van der Waals surface area (Å²) < 4.78 is 5.73. The SMILES string of the molecule is CC1COCc2cc3c(cc21)[Si](C)(C)C(C)C3(C)C. The third kappa shape index (κ3) is 1.69. The fraction of sp³-hybridized carbons (Fsp3) is 0.647. The van der Waals surface area contributed by atoms with Crippen LogP contribution in [0.2, 0.25) is 18.6 Å². The Morgan fingerprint density at radius 2 is 1.89 bits per heavy atom. The first-order valence-corrected chi connectivity index (χ1v) is 10.6. The first-order chi connectivity index (χ1) is 8.76. The molecule has 0 N–H and O–H groups in total. The molecule has 0 amide bonds. The van der Waals surface area contributed by atoms with Crippen LogP contribution in [0.15, 0.2) is 12.1 Å². The van der Waals surface area contributed by atoms with Gasteiger partial charge in [0, 0.05) is 5.92 Å². The summed E-state index contributed by atoms with van der Waals surface area (Å²) in [5.41, 5.74) is 5.71. The number of rotatable bonds is 0. The zero-order valence-corrected chi connectivity index (χ0v) is 14.1. The maximum Gasteiger partial charge on any atom is 0.0846 e. The van der Waals surface area contributed by atoms with E-state index in [9.17, 15) is 0 Å². The summed E-state index contributed by atoms with van der Waals surface area (Å²) in [7, 11) is -1.33. The molecule has 2 aliphatic heterocycles. The largest absolute Gasteiger partial charge is 0.376 e. The molecule has 0 radical (unpaired) electrons. The minimum atomic E-state index is -1.33. The van der Waals surface area contributed by atoms with E-state index in [0.29, 0.717) is 11.3 Å². The smallest absolute Gasteiger partial charge is 0.0846 e. The maximum atomic E-state index is 5.73. The molecule has 1 aromatic carbocycles. The Hall–Kier alpha value is -0.603. The maximum absolute atomic E-state index is 5.73. The Morgan fingerprint density at radius 1 is 1.21 bits per heavy atom. The van der Waals surface area contributed by atoms with Gasteiger partial charge in [-0.05, 0) is 27.6 Å². The Labute approximate surface area is 118 Å². The summed E-state index contributed by atoms with van der Waals surface area (Å²) in [6.45, 7) is 16.4. The summed E-state index contributed by atoms with van der Waals surface area (Å²) >= 11 is 0. The number of hydrogen-bond acceptors (Lipinski definition) is 1.